The van der Waals surface area contributed by atoms with E-state index < -0.39 is 23.9 Å². The molecule has 2 saturated heterocycles. The van der Waals surface area contributed by atoms with Gasteiger partial charge in [-0.15, -0.1) is 0 Å². The second kappa shape index (κ2) is 7.89. The summed E-state index contributed by atoms with van der Waals surface area (Å²) in [6.45, 7) is 3.86. The first kappa shape index (κ1) is 21.7. The monoisotopic (exact) mass is 483 g/mol. The standard InChI is InChI=1S/C28H22ClN3O3/c1-15-7-12-21(16(2)13-15)31-27(34)22-23(28(31)35)25(26(33)17-8-10-19(29)11-9-17)32-24(22)20-6-4-3-5-18(20)14-30-32/h3-14,22-25H,1-2H3/t22-,23+,24?,25-/m1/s1. The number of ketones is 1. The number of benzene rings is 3. The van der Waals surface area contributed by atoms with E-state index in [0.29, 0.717) is 16.3 Å². The third kappa shape index (κ3) is 3.17. The van der Waals surface area contributed by atoms with E-state index in [9.17, 15) is 14.4 Å². The molecule has 0 radical (unpaired) electrons. The quantitative estimate of drug-likeness (QED) is 0.399. The van der Waals surface area contributed by atoms with Crippen molar-refractivity contribution in [2.75, 3.05) is 4.90 Å². The Bertz CT molecular complexity index is 1430. The number of Topliss-reactive ketones (excluding diaryl/α,β-unsaturated/α-hetero) is 1. The first-order valence-electron chi connectivity index (χ1n) is 11.5. The van der Waals surface area contributed by atoms with Crippen LogP contribution in [0.2, 0.25) is 5.02 Å². The number of fused-ring (bicyclic) bond motifs is 5. The smallest absolute Gasteiger partial charge is 0.240 e. The number of nitrogens with zero attached hydrogens (tertiary/aromatic N) is 3. The van der Waals surface area contributed by atoms with Gasteiger partial charge in [-0.3, -0.25) is 19.4 Å². The van der Waals surface area contributed by atoms with E-state index >= 15 is 0 Å². The van der Waals surface area contributed by atoms with E-state index in [1.165, 1.54) is 4.90 Å². The van der Waals surface area contributed by atoms with Crippen molar-refractivity contribution >= 4 is 41.1 Å². The number of rotatable bonds is 3. The van der Waals surface area contributed by atoms with Crippen LogP contribution in [-0.4, -0.2) is 34.9 Å². The minimum absolute atomic E-state index is 0.251. The highest BCUT2D eigenvalue weighted by Gasteiger charge is 2.65. The molecule has 2 amide bonds. The molecule has 7 heteroatoms. The molecule has 0 N–H and O–H groups in total. The molecule has 35 heavy (non-hydrogen) atoms. The average Bonchev–Trinajstić information content (AvgIpc) is 3.32. The fraction of sp³-hybridized carbons (Fsp3) is 0.214. The Labute approximate surface area is 207 Å². The topological polar surface area (TPSA) is 70.1 Å². The van der Waals surface area contributed by atoms with Crippen LogP contribution in [0.25, 0.3) is 0 Å². The van der Waals surface area contributed by atoms with E-state index in [4.69, 9.17) is 11.6 Å². The summed E-state index contributed by atoms with van der Waals surface area (Å²) in [6, 6.07) is 18.5. The first-order chi connectivity index (χ1) is 16.9. The number of amides is 2. The van der Waals surface area contributed by atoms with Crippen molar-refractivity contribution < 1.29 is 14.4 Å². The molecule has 3 aliphatic heterocycles. The van der Waals surface area contributed by atoms with Crippen LogP contribution in [-0.2, 0) is 9.59 Å². The van der Waals surface area contributed by atoms with Crippen molar-refractivity contribution in [1.29, 1.82) is 0 Å². The van der Waals surface area contributed by atoms with E-state index in [-0.39, 0.29) is 17.6 Å². The van der Waals surface area contributed by atoms with Crippen LogP contribution in [0, 0.1) is 25.7 Å². The number of hydrogen-bond acceptors (Lipinski definition) is 5. The maximum Gasteiger partial charge on any atom is 0.240 e. The molecule has 0 spiro atoms. The van der Waals surface area contributed by atoms with Crippen molar-refractivity contribution in [1.82, 2.24) is 5.01 Å². The van der Waals surface area contributed by atoms with Crippen LogP contribution in [0.5, 0.6) is 0 Å². The summed E-state index contributed by atoms with van der Waals surface area (Å²) in [7, 11) is 0. The molecule has 3 aromatic carbocycles. The predicted octanol–water partition coefficient (Wildman–Crippen LogP) is 4.72. The van der Waals surface area contributed by atoms with Gasteiger partial charge in [-0.25, -0.2) is 4.90 Å². The Kier molecular flexibility index (Phi) is 4.90. The van der Waals surface area contributed by atoms with Crippen LogP contribution >= 0.6 is 11.6 Å². The van der Waals surface area contributed by atoms with Crippen LogP contribution < -0.4 is 4.90 Å². The molecule has 3 aromatic rings. The number of hydrazone groups is 1. The molecular formula is C28H22ClN3O3. The van der Waals surface area contributed by atoms with Gasteiger partial charge in [0.15, 0.2) is 5.78 Å². The second-order valence-corrected chi connectivity index (χ2v) is 9.80. The average molecular weight is 484 g/mol. The molecule has 3 heterocycles. The van der Waals surface area contributed by atoms with Crippen LogP contribution in [0.4, 0.5) is 5.69 Å². The van der Waals surface area contributed by atoms with Crippen molar-refractivity contribution in [3.63, 3.8) is 0 Å². The van der Waals surface area contributed by atoms with Gasteiger partial charge < -0.3 is 0 Å². The molecule has 0 aliphatic carbocycles. The van der Waals surface area contributed by atoms with Crippen molar-refractivity contribution in [2.24, 2.45) is 16.9 Å². The Balaban J connectivity index is 1.50. The third-order valence-electron chi connectivity index (χ3n) is 7.28. The molecule has 1 unspecified atom stereocenters. The van der Waals surface area contributed by atoms with Crippen LogP contribution in [0.1, 0.15) is 38.7 Å². The van der Waals surface area contributed by atoms with Gasteiger partial charge in [0.1, 0.15) is 6.04 Å². The molecule has 174 valence electrons. The third-order valence-corrected chi connectivity index (χ3v) is 7.54. The lowest BCUT2D eigenvalue weighted by Gasteiger charge is -2.34. The number of halogens is 1. The number of carbonyl (C=O) groups excluding carboxylic acids is 3. The summed E-state index contributed by atoms with van der Waals surface area (Å²) in [5.41, 5.74) is 4.66. The summed E-state index contributed by atoms with van der Waals surface area (Å²) in [5, 5.41) is 6.78. The minimum atomic E-state index is -0.900. The van der Waals surface area contributed by atoms with Gasteiger partial charge in [0.2, 0.25) is 11.8 Å². The minimum Gasteiger partial charge on any atom is -0.292 e. The highest BCUT2D eigenvalue weighted by atomic mass is 35.5. The molecule has 0 aromatic heterocycles. The predicted molar refractivity (Wildman–Crippen MR) is 134 cm³/mol. The molecule has 3 aliphatic rings. The van der Waals surface area contributed by atoms with E-state index in [1.807, 2.05) is 56.3 Å². The second-order valence-electron chi connectivity index (χ2n) is 9.37. The van der Waals surface area contributed by atoms with Crippen LogP contribution in [0.15, 0.2) is 71.8 Å². The molecule has 2 fully saturated rings. The fourth-order valence-electron chi connectivity index (χ4n) is 5.75. The molecule has 0 bridgehead atoms. The Hall–Kier alpha value is -3.77. The molecule has 0 saturated carbocycles. The first-order valence-corrected chi connectivity index (χ1v) is 11.9. The lowest BCUT2D eigenvalue weighted by molar-refractivity contribution is -0.124. The summed E-state index contributed by atoms with van der Waals surface area (Å²) < 4.78 is 0. The van der Waals surface area contributed by atoms with Gasteiger partial charge >= 0.3 is 0 Å². The number of aryl methyl sites for hydroxylation is 2. The van der Waals surface area contributed by atoms with Gasteiger partial charge in [-0.1, -0.05) is 53.6 Å². The lowest BCUT2D eigenvalue weighted by Crippen LogP contribution is -2.44. The zero-order chi connectivity index (χ0) is 24.4. The van der Waals surface area contributed by atoms with Gasteiger partial charge in [-0.05, 0) is 60.9 Å². The molecule has 6 rings (SSSR count). The highest BCUT2D eigenvalue weighted by Crippen LogP contribution is 2.53. The maximum absolute atomic E-state index is 13.9. The zero-order valence-electron chi connectivity index (χ0n) is 19.2. The summed E-state index contributed by atoms with van der Waals surface area (Å²) >= 11 is 6.04. The van der Waals surface area contributed by atoms with E-state index in [2.05, 4.69) is 5.10 Å². The van der Waals surface area contributed by atoms with Gasteiger partial charge in [-0.2, -0.15) is 5.10 Å². The fourth-order valence-corrected chi connectivity index (χ4v) is 5.87. The molecular weight excluding hydrogens is 462 g/mol. The highest BCUT2D eigenvalue weighted by molar-refractivity contribution is 6.30. The van der Waals surface area contributed by atoms with Gasteiger partial charge in [0.25, 0.3) is 0 Å². The Morgan fingerprint density at radius 3 is 2.37 bits per heavy atom. The van der Waals surface area contributed by atoms with E-state index in [0.717, 1.165) is 22.3 Å². The molecule has 6 nitrogen and oxygen atoms in total. The lowest BCUT2D eigenvalue weighted by atomic mass is 9.83. The van der Waals surface area contributed by atoms with Crippen molar-refractivity contribution in [2.45, 2.75) is 25.9 Å². The Morgan fingerprint density at radius 1 is 0.914 bits per heavy atom. The van der Waals surface area contributed by atoms with Crippen molar-refractivity contribution in [3.05, 3.63) is 99.6 Å². The zero-order valence-corrected chi connectivity index (χ0v) is 19.9. The SMILES string of the molecule is Cc1ccc(N2C(=O)[C@H]3[C@@H](C2=O)C2c4ccccc4C=NN2[C@H]3C(=O)c2ccc(Cl)cc2)c(C)c1. The van der Waals surface area contributed by atoms with Crippen molar-refractivity contribution in [3.8, 4) is 0 Å². The largest absolute Gasteiger partial charge is 0.292 e. The summed E-state index contributed by atoms with van der Waals surface area (Å²) in [5.74, 6) is -2.47. The number of anilines is 1. The van der Waals surface area contributed by atoms with E-state index in [1.54, 1.807) is 35.5 Å². The number of hydrogen-bond donors (Lipinski definition) is 0. The summed E-state index contributed by atoms with van der Waals surface area (Å²) in [4.78, 5) is 43.0. The Morgan fingerprint density at radius 2 is 1.63 bits per heavy atom. The number of imide groups is 1. The normalized spacial score (nSPS) is 24.4. The van der Waals surface area contributed by atoms with Gasteiger partial charge in [0.05, 0.1) is 29.8 Å². The maximum atomic E-state index is 13.9. The summed E-state index contributed by atoms with van der Waals surface area (Å²) in [6.07, 6.45) is 1.70. The van der Waals surface area contributed by atoms with Gasteiger partial charge in [0, 0.05) is 10.6 Å². The number of carbonyl (C=O) groups is 3. The van der Waals surface area contributed by atoms with Crippen LogP contribution in [0.3, 0.4) is 0 Å². The molecule has 4 atom stereocenters.